The molecule has 0 aliphatic heterocycles. The van der Waals surface area contributed by atoms with Gasteiger partial charge in [0.15, 0.2) is 0 Å². The summed E-state index contributed by atoms with van der Waals surface area (Å²) >= 11 is 0. The highest BCUT2D eigenvalue weighted by molar-refractivity contribution is 6.06. The molecule has 0 saturated heterocycles. The molecule has 17 nitrogen and oxygen atoms in total. The predicted octanol–water partition coefficient (Wildman–Crippen LogP) is 4.04. The summed E-state index contributed by atoms with van der Waals surface area (Å²) in [4.78, 5) is 65.2. The number of hydrogen-bond acceptors (Lipinski definition) is 9. The van der Waals surface area contributed by atoms with Crippen LogP contribution >= 0.6 is 0 Å². The second kappa shape index (κ2) is 15.9. The Morgan fingerprint density at radius 1 is 0.745 bits per heavy atom. The van der Waals surface area contributed by atoms with Gasteiger partial charge in [0.1, 0.15) is 16.9 Å². The zero-order chi connectivity index (χ0) is 39.6. The number of carbonyl (C=O) groups is 4. The summed E-state index contributed by atoms with van der Waals surface area (Å²) in [6, 6.07) is 14.1. The maximum atomic E-state index is 13.7. The van der Waals surface area contributed by atoms with Crippen molar-refractivity contribution in [2.45, 2.75) is 66.7 Å². The van der Waals surface area contributed by atoms with Crippen LogP contribution in [0.5, 0.6) is 0 Å². The van der Waals surface area contributed by atoms with Crippen molar-refractivity contribution in [3.05, 3.63) is 76.9 Å². The van der Waals surface area contributed by atoms with Crippen molar-refractivity contribution in [2.75, 3.05) is 43.2 Å². The predicted molar refractivity (Wildman–Crippen MR) is 210 cm³/mol. The summed E-state index contributed by atoms with van der Waals surface area (Å²) in [5.74, 6) is -0.730. The van der Waals surface area contributed by atoms with Crippen LogP contribution in [0, 0.1) is 13.8 Å². The summed E-state index contributed by atoms with van der Waals surface area (Å²) in [6.45, 7) is 9.68. The number of rotatable bonds is 15. The molecule has 6 rings (SSSR count). The highest BCUT2D eigenvalue weighted by Crippen LogP contribution is 2.30. The number of nitrogens with two attached hydrogens (primary N) is 1. The summed E-state index contributed by atoms with van der Waals surface area (Å²) in [5.41, 5.74) is 11.3. The minimum absolute atomic E-state index is 0.104. The maximum absolute atomic E-state index is 13.7. The molecule has 288 valence electrons. The third-order valence-corrected chi connectivity index (χ3v) is 9.31. The quantitative estimate of drug-likeness (QED) is 0.130. The molecule has 0 radical (unpaired) electrons. The number of nitrogens with zero attached hydrogens (tertiary/aromatic N) is 10. The number of aromatic nitrogens is 8. The number of fused-ring (bicyclic) bond motifs is 2. The van der Waals surface area contributed by atoms with Crippen LogP contribution in [0.3, 0.4) is 0 Å². The second-order valence-electron chi connectivity index (χ2n) is 13.7. The van der Waals surface area contributed by atoms with Crippen LogP contribution in [0.4, 0.5) is 17.6 Å². The van der Waals surface area contributed by atoms with E-state index >= 15 is 0 Å². The molecule has 0 spiro atoms. The molecule has 0 bridgehead atoms. The summed E-state index contributed by atoms with van der Waals surface area (Å²) < 4.78 is 7.13. The number of anilines is 3. The van der Waals surface area contributed by atoms with E-state index in [0.717, 1.165) is 22.4 Å². The SMILES string of the molecule is CCn1nc(C)cc1C(=O)Nc1nc2cc(C(N)=O)ccc2n1CCCCn1c(NC(=O)c2cc(C)nn2CC)nc2c(N(C)C(=O)CN(C)C)cccc21. The zero-order valence-electron chi connectivity index (χ0n) is 32.3. The van der Waals surface area contributed by atoms with Gasteiger partial charge in [0, 0.05) is 38.8 Å². The fraction of sp³-hybridized carbons (Fsp3) is 0.368. The number of hydrogen-bond donors (Lipinski definition) is 3. The number of para-hydroxylation sites is 1. The zero-order valence-corrected chi connectivity index (χ0v) is 32.3. The molecule has 0 unspecified atom stereocenters. The number of likely N-dealkylation sites (N-methyl/N-ethyl adjacent to an activating group) is 2. The van der Waals surface area contributed by atoms with Crippen molar-refractivity contribution < 1.29 is 19.2 Å². The first kappa shape index (κ1) is 38.4. The number of unbranched alkanes of at least 4 members (excludes halogenated alkanes) is 1. The van der Waals surface area contributed by atoms with Crippen LogP contribution in [0.2, 0.25) is 0 Å². The van der Waals surface area contributed by atoms with E-state index < -0.39 is 5.91 Å². The average Bonchev–Trinajstić information content (AvgIpc) is 3.91. The van der Waals surface area contributed by atoms with E-state index in [-0.39, 0.29) is 24.3 Å². The third kappa shape index (κ3) is 7.96. The normalized spacial score (nSPS) is 11.5. The molecular weight excluding hydrogens is 703 g/mol. The first-order valence-electron chi connectivity index (χ1n) is 18.2. The van der Waals surface area contributed by atoms with Crippen molar-refractivity contribution in [2.24, 2.45) is 5.73 Å². The van der Waals surface area contributed by atoms with Crippen LogP contribution in [-0.4, -0.2) is 94.9 Å². The molecule has 2 aromatic carbocycles. The monoisotopic (exact) mass is 749 g/mol. The Morgan fingerprint density at radius 2 is 1.31 bits per heavy atom. The lowest BCUT2D eigenvalue weighted by atomic mass is 10.2. The van der Waals surface area contributed by atoms with Gasteiger partial charge in [-0.25, -0.2) is 9.97 Å². The Balaban J connectivity index is 1.30. The average molecular weight is 750 g/mol. The van der Waals surface area contributed by atoms with Crippen LogP contribution in [-0.2, 0) is 31.0 Å². The highest BCUT2D eigenvalue weighted by Gasteiger charge is 2.23. The van der Waals surface area contributed by atoms with Gasteiger partial charge in [0.25, 0.3) is 11.8 Å². The largest absolute Gasteiger partial charge is 0.366 e. The van der Waals surface area contributed by atoms with E-state index in [9.17, 15) is 19.2 Å². The molecule has 0 atom stereocenters. The van der Waals surface area contributed by atoms with Crippen molar-refractivity contribution in [1.29, 1.82) is 0 Å². The molecule has 0 aliphatic carbocycles. The summed E-state index contributed by atoms with van der Waals surface area (Å²) in [6.07, 6.45) is 1.27. The smallest absolute Gasteiger partial charge is 0.276 e. The van der Waals surface area contributed by atoms with Crippen molar-refractivity contribution in [1.82, 2.24) is 43.6 Å². The van der Waals surface area contributed by atoms with Crippen LogP contribution in [0.1, 0.15) is 69.4 Å². The van der Waals surface area contributed by atoms with Gasteiger partial charge >= 0.3 is 0 Å². The summed E-state index contributed by atoms with van der Waals surface area (Å²) in [7, 11) is 5.39. The lowest BCUT2D eigenvalue weighted by molar-refractivity contribution is -0.118. The van der Waals surface area contributed by atoms with E-state index in [1.807, 2.05) is 69.1 Å². The molecule has 0 saturated carbocycles. The van der Waals surface area contributed by atoms with Gasteiger partial charge in [-0.15, -0.1) is 0 Å². The second-order valence-corrected chi connectivity index (χ2v) is 13.7. The minimum Gasteiger partial charge on any atom is -0.366 e. The van der Waals surface area contributed by atoms with Crippen LogP contribution < -0.4 is 21.3 Å². The van der Waals surface area contributed by atoms with Crippen molar-refractivity contribution in [3.8, 4) is 0 Å². The Labute approximate surface area is 318 Å². The molecular formula is C38H47N13O4. The Kier molecular flexibility index (Phi) is 11.1. The lowest BCUT2D eigenvalue weighted by Crippen LogP contribution is -2.35. The first-order chi connectivity index (χ1) is 26.3. The van der Waals surface area contributed by atoms with E-state index in [4.69, 9.17) is 15.7 Å². The lowest BCUT2D eigenvalue weighted by Gasteiger charge is -2.20. The van der Waals surface area contributed by atoms with E-state index in [1.165, 1.54) is 0 Å². The fourth-order valence-electron chi connectivity index (χ4n) is 6.65. The number of primary amides is 1. The molecule has 6 aromatic rings. The van der Waals surface area contributed by atoms with Gasteiger partial charge in [-0.3, -0.25) is 39.2 Å². The Bertz CT molecular complexity index is 2420. The van der Waals surface area contributed by atoms with E-state index in [2.05, 4.69) is 20.8 Å². The van der Waals surface area contributed by atoms with Gasteiger partial charge in [-0.1, -0.05) is 6.07 Å². The van der Waals surface area contributed by atoms with Crippen LogP contribution in [0.25, 0.3) is 22.1 Å². The van der Waals surface area contributed by atoms with Crippen molar-refractivity contribution >= 4 is 63.3 Å². The third-order valence-electron chi connectivity index (χ3n) is 9.31. The van der Waals surface area contributed by atoms with E-state index in [1.54, 1.807) is 56.5 Å². The van der Waals surface area contributed by atoms with E-state index in [0.29, 0.717) is 84.6 Å². The molecule has 17 heteroatoms. The topological polar surface area (TPSA) is 196 Å². The molecule has 4 heterocycles. The number of aryl methyl sites for hydroxylation is 6. The molecule has 4 amide bonds. The van der Waals surface area contributed by atoms with Crippen LogP contribution in [0.15, 0.2) is 48.5 Å². The number of amides is 4. The highest BCUT2D eigenvalue weighted by atomic mass is 16.2. The molecule has 4 aromatic heterocycles. The standard InChI is InChI=1S/C38H47N13O4/c1-8-50-30(19-23(3)44-50)35(54)42-37-40-26-21-25(34(39)53)15-16-27(26)48(37)17-10-11-18-49-29-14-12-13-28(47(7)32(52)22-46(5)6)33(29)41-38(49)43-36(55)31-20-24(4)45-51(31)9-2/h12-16,19-21H,8-11,17-18,22H2,1-7H3,(H2,39,53)(H,40,42,54)(H,41,43,55). The van der Waals surface area contributed by atoms with Gasteiger partial charge in [-0.2, -0.15) is 10.2 Å². The van der Waals surface area contributed by atoms with Gasteiger partial charge in [0.05, 0.1) is 40.2 Å². The maximum Gasteiger partial charge on any atom is 0.276 e. The minimum atomic E-state index is -0.578. The van der Waals surface area contributed by atoms with Gasteiger partial charge < -0.3 is 24.7 Å². The number of imidazole rings is 2. The molecule has 4 N–H and O–H groups in total. The fourth-order valence-corrected chi connectivity index (χ4v) is 6.65. The Hall–Kier alpha value is -6.36. The molecule has 0 fully saturated rings. The summed E-state index contributed by atoms with van der Waals surface area (Å²) in [5, 5.41) is 14.8. The first-order valence-corrected chi connectivity index (χ1v) is 18.2. The Morgan fingerprint density at radius 3 is 1.85 bits per heavy atom. The number of benzene rings is 2. The van der Waals surface area contributed by atoms with Gasteiger partial charge in [0.2, 0.25) is 23.7 Å². The number of carbonyl (C=O) groups excluding carboxylic acids is 4. The molecule has 55 heavy (non-hydrogen) atoms. The number of nitrogens with one attached hydrogen (secondary N) is 2. The van der Waals surface area contributed by atoms with Gasteiger partial charge in [-0.05, 0) is 97.1 Å². The molecule has 0 aliphatic rings. The van der Waals surface area contributed by atoms with Crippen molar-refractivity contribution in [3.63, 3.8) is 0 Å².